The van der Waals surface area contributed by atoms with Crippen LogP contribution in [0.25, 0.3) is 0 Å². The quantitative estimate of drug-likeness (QED) is 0.760. The summed E-state index contributed by atoms with van der Waals surface area (Å²) < 4.78 is 38.7. The van der Waals surface area contributed by atoms with E-state index in [0.29, 0.717) is 45.9 Å². The molecule has 118 valence electrons. The third-order valence-electron chi connectivity index (χ3n) is 3.17. The zero-order chi connectivity index (χ0) is 15.1. The van der Waals surface area contributed by atoms with Gasteiger partial charge in [-0.2, -0.15) is 12.7 Å². The van der Waals surface area contributed by atoms with Crippen LogP contribution in [0.1, 0.15) is 12.0 Å². The minimum Gasteiger partial charge on any atom is -0.494 e. The highest BCUT2D eigenvalue weighted by Gasteiger charge is 2.23. The lowest BCUT2D eigenvalue weighted by atomic mass is 10.2. The van der Waals surface area contributed by atoms with Gasteiger partial charge in [0.2, 0.25) is 0 Å². The van der Waals surface area contributed by atoms with E-state index in [0.717, 1.165) is 11.3 Å². The fraction of sp³-hybridized carbons (Fsp3) is 0.571. The minimum absolute atomic E-state index is 0.367. The Bertz CT molecular complexity index is 542. The molecule has 1 heterocycles. The van der Waals surface area contributed by atoms with Crippen molar-refractivity contribution in [2.45, 2.75) is 13.3 Å². The average molecular weight is 314 g/mol. The predicted molar refractivity (Wildman–Crippen MR) is 80.6 cm³/mol. The number of nitrogens with zero attached hydrogens (tertiary/aromatic N) is 1. The third kappa shape index (κ3) is 5.28. The first-order chi connectivity index (χ1) is 10.1. The Morgan fingerprint density at radius 1 is 1.33 bits per heavy atom. The van der Waals surface area contributed by atoms with Gasteiger partial charge >= 0.3 is 0 Å². The Labute approximate surface area is 126 Å². The van der Waals surface area contributed by atoms with Crippen molar-refractivity contribution in [3.63, 3.8) is 0 Å². The molecule has 1 fully saturated rings. The van der Waals surface area contributed by atoms with Crippen molar-refractivity contribution in [1.82, 2.24) is 9.03 Å². The summed E-state index contributed by atoms with van der Waals surface area (Å²) in [5, 5.41) is 0. The summed E-state index contributed by atoms with van der Waals surface area (Å²) in [5.74, 6) is 0.811. The second kappa shape index (κ2) is 7.74. The van der Waals surface area contributed by atoms with E-state index < -0.39 is 10.2 Å². The smallest absolute Gasteiger partial charge is 0.279 e. The predicted octanol–water partition coefficient (Wildman–Crippen LogP) is 0.931. The van der Waals surface area contributed by atoms with Crippen LogP contribution in [0.2, 0.25) is 0 Å². The Balaban J connectivity index is 1.67. The van der Waals surface area contributed by atoms with E-state index in [4.69, 9.17) is 9.47 Å². The van der Waals surface area contributed by atoms with Crippen molar-refractivity contribution < 1.29 is 17.9 Å². The van der Waals surface area contributed by atoms with Crippen LogP contribution in [0.3, 0.4) is 0 Å². The Morgan fingerprint density at radius 3 is 2.81 bits per heavy atom. The lowest BCUT2D eigenvalue weighted by Gasteiger charge is -2.26. The Kier molecular flexibility index (Phi) is 5.98. The molecule has 0 unspecified atom stereocenters. The highest BCUT2D eigenvalue weighted by molar-refractivity contribution is 7.87. The fourth-order valence-corrected chi connectivity index (χ4v) is 3.26. The molecule has 0 aliphatic carbocycles. The van der Waals surface area contributed by atoms with Crippen LogP contribution < -0.4 is 9.46 Å². The van der Waals surface area contributed by atoms with Gasteiger partial charge in [-0.1, -0.05) is 12.1 Å². The molecule has 0 spiro atoms. The van der Waals surface area contributed by atoms with Gasteiger partial charge in [-0.3, -0.25) is 0 Å². The van der Waals surface area contributed by atoms with Crippen LogP contribution in [0.15, 0.2) is 24.3 Å². The topological polar surface area (TPSA) is 67.9 Å². The van der Waals surface area contributed by atoms with Gasteiger partial charge in [0.05, 0.1) is 19.8 Å². The first-order valence-electron chi connectivity index (χ1n) is 7.10. The molecule has 0 atom stereocenters. The molecule has 1 aromatic carbocycles. The second-order valence-corrected chi connectivity index (χ2v) is 6.68. The van der Waals surface area contributed by atoms with Gasteiger partial charge in [0.15, 0.2) is 0 Å². The van der Waals surface area contributed by atoms with Crippen molar-refractivity contribution in [3.8, 4) is 5.75 Å². The van der Waals surface area contributed by atoms with E-state index in [1.807, 2.05) is 31.2 Å². The summed E-state index contributed by atoms with van der Waals surface area (Å²) in [4.78, 5) is 0. The molecule has 0 saturated carbocycles. The van der Waals surface area contributed by atoms with Gasteiger partial charge in [0, 0.05) is 19.6 Å². The Morgan fingerprint density at radius 2 is 2.10 bits per heavy atom. The summed E-state index contributed by atoms with van der Waals surface area (Å²) in [7, 11) is -3.39. The molecule has 1 aliphatic rings. The number of ether oxygens (including phenoxy) is 2. The summed E-state index contributed by atoms with van der Waals surface area (Å²) in [6.07, 6.45) is 0.623. The van der Waals surface area contributed by atoms with Crippen LogP contribution in [-0.2, 0) is 14.9 Å². The maximum absolute atomic E-state index is 12.0. The number of hydrogen-bond acceptors (Lipinski definition) is 4. The van der Waals surface area contributed by atoms with Gasteiger partial charge < -0.3 is 9.47 Å². The molecule has 2 rings (SSSR count). The lowest BCUT2D eigenvalue weighted by molar-refractivity contribution is 0.0725. The third-order valence-corrected chi connectivity index (χ3v) is 4.79. The van der Waals surface area contributed by atoms with Crippen LogP contribution in [-0.4, -0.2) is 52.2 Å². The second-order valence-electron chi connectivity index (χ2n) is 4.93. The largest absolute Gasteiger partial charge is 0.494 e. The van der Waals surface area contributed by atoms with E-state index in [1.54, 1.807) is 0 Å². The minimum atomic E-state index is -3.39. The van der Waals surface area contributed by atoms with Crippen LogP contribution >= 0.6 is 0 Å². The summed E-state index contributed by atoms with van der Waals surface area (Å²) >= 11 is 0. The molecular weight excluding hydrogens is 292 g/mol. The number of rotatable bonds is 7. The van der Waals surface area contributed by atoms with Crippen molar-refractivity contribution in [2.24, 2.45) is 0 Å². The van der Waals surface area contributed by atoms with Gasteiger partial charge in [0.1, 0.15) is 5.75 Å². The zero-order valence-corrected chi connectivity index (χ0v) is 13.1. The SMILES string of the molecule is Cc1cccc(OCCCNS(=O)(=O)N2CCOCC2)c1. The van der Waals surface area contributed by atoms with Crippen LogP contribution in [0.5, 0.6) is 5.75 Å². The highest BCUT2D eigenvalue weighted by Crippen LogP contribution is 2.12. The number of nitrogens with one attached hydrogen (secondary N) is 1. The maximum atomic E-state index is 12.0. The van der Waals surface area contributed by atoms with Crippen LogP contribution in [0.4, 0.5) is 0 Å². The summed E-state index contributed by atoms with van der Waals surface area (Å²) in [5.41, 5.74) is 1.14. The fourth-order valence-electron chi connectivity index (χ4n) is 2.05. The average Bonchev–Trinajstić information content (AvgIpc) is 2.48. The first-order valence-corrected chi connectivity index (χ1v) is 8.54. The molecule has 1 aromatic rings. The standard InChI is InChI=1S/C14H22N2O4S/c1-13-4-2-5-14(12-13)20-9-3-6-15-21(17,18)16-7-10-19-11-8-16/h2,4-5,12,15H,3,6-11H2,1H3. The molecule has 0 aromatic heterocycles. The van der Waals surface area contributed by atoms with Gasteiger partial charge in [0.25, 0.3) is 10.2 Å². The summed E-state index contributed by atoms with van der Waals surface area (Å²) in [6, 6.07) is 7.79. The van der Waals surface area contributed by atoms with Crippen molar-refractivity contribution in [2.75, 3.05) is 39.5 Å². The van der Waals surface area contributed by atoms with E-state index >= 15 is 0 Å². The summed E-state index contributed by atoms with van der Waals surface area (Å²) in [6.45, 7) is 4.59. The molecule has 7 heteroatoms. The molecule has 6 nitrogen and oxygen atoms in total. The van der Waals surface area contributed by atoms with E-state index in [-0.39, 0.29) is 0 Å². The molecule has 0 bridgehead atoms. The molecular formula is C14H22N2O4S. The molecule has 1 saturated heterocycles. The first kappa shape index (κ1) is 16.2. The van der Waals surface area contributed by atoms with Crippen LogP contribution in [0, 0.1) is 6.92 Å². The number of morpholine rings is 1. The molecule has 0 radical (unpaired) electrons. The number of aryl methyl sites for hydroxylation is 1. The number of hydrogen-bond donors (Lipinski definition) is 1. The zero-order valence-electron chi connectivity index (χ0n) is 12.2. The van der Waals surface area contributed by atoms with E-state index in [1.165, 1.54) is 4.31 Å². The van der Waals surface area contributed by atoms with Crippen molar-refractivity contribution in [1.29, 1.82) is 0 Å². The molecule has 1 aliphatic heterocycles. The lowest BCUT2D eigenvalue weighted by Crippen LogP contribution is -2.46. The maximum Gasteiger partial charge on any atom is 0.279 e. The normalized spacial score (nSPS) is 16.8. The molecule has 1 N–H and O–H groups in total. The Hall–Kier alpha value is -1.15. The van der Waals surface area contributed by atoms with Gasteiger partial charge in [-0.05, 0) is 31.0 Å². The van der Waals surface area contributed by atoms with Gasteiger partial charge in [-0.25, -0.2) is 4.72 Å². The molecule has 21 heavy (non-hydrogen) atoms. The van der Waals surface area contributed by atoms with Crippen molar-refractivity contribution in [3.05, 3.63) is 29.8 Å². The van der Waals surface area contributed by atoms with Crippen molar-refractivity contribution >= 4 is 10.2 Å². The van der Waals surface area contributed by atoms with E-state index in [9.17, 15) is 8.42 Å². The number of benzene rings is 1. The molecule has 0 amide bonds. The van der Waals surface area contributed by atoms with E-state index in [2.05, 4.69) is 4.72 Å². The highest BCUT2D eigenvalue weighted by atomic mass is 32.2. The van der Waals surface area contributed by atoms with Gasteiger partial charge in [-0.15, -0.1) is 0 Å². The monoisotopic (exact) mass is 314 g/mol.